The Bertz CT molecular complexity index is 438. The quantitative estimate of drug-likeness (QED) is 0.447. The van der Waals surface area contributed by atoms with Crippen molar-refractivity contribution in [2.75, 3.05) is 25.9 Å². The molecule has 0 radical (unpaired) electrons. The third kappa shape index (κ3) is 6.91. The molecule has 0 aromatic heterocycles. The van der Waals surface area contributed by atoms with Crippen molar-refractivity contribution in [1.29, 1.82) is 0 Å². The van der Waals surface area contributed by atoms with Crippen LogP contribution in [0, 0.1) is 0 Å². The highest BCUT2D eigenvalue weighted by molar-refractivity contribution is 9.10. The average molecular weight is 343 g/mol. The Kier molecular flexibility index (Phi) is 7.62. The summed E-state index contributed by atoms with van der Waals surface area (Å²) < 4.78 is 5.90. The van der Waals surface area contributed by atoms with Crippen LogP contribution < -0.4 is 5.73 Å². The lowest BCUT2D eigenvalue weighted by atomic mass is 10.1. The smallest absolute Gasteiger partial charge is 0.302 e. The molecule has 0 aliphatic carbocycles. The number of benzene rings is 1. The van der Waals surface area contributed by atoms with Gasteiger partial charge in [0.05, 0.1) is 6.61 Å². The van der Waals surface area contributed by atoms with Crippen molar-refractivity contribution in [2.24, 2.45) is 0 Å². The van der Waals surface area contributed by atoms with Crippen molar-refractivity contribution >= 4 is 27.6 Å². The summed E-state index contributed by atoms with van der Waals surface area (Å²) in [6.45, 7) is 3.83. The Morgan fingerprint density at radius 3 is 2.75 bits per heavy atom. The number of rotatable bonds is 8. The van der Waals surface area contributed by atoms with Crippen LogP contribution in [0.5, 0.6) is 0 Å². The molecule has 4 nitrogen and oxygen atoms in total. The van der Waals surface area contributed by atoms with Gasteiger partial charge in [-0.05, 0) is 50.6 Å². The van der Waals surface area contributed by atoms with Gasteiger partial charge in [0.15, 0.2) is 0 Å². The Hall–Kier alpha value is -1.07. The van der Waals surface area contributed by atoms with E-state index in [0.717, 1.165) is 48.1 Å². The number of hydrogen-bond donors (Lipinski definition) is 1. The van der Waals surface area contributed by atoms with Crippen LogP contribution >= 0.6 is 15.9 Å². The van der Waals surface area contributed by atoms with E-state index in [0.29, 0.717) is 6.61 Å². The SMILES string of the molecule is CC(=O)OCCCCCN(C)Cc1ccc(Br)cc1N. The summed E-state index contributed by atoms with van der Waals surface area (Å²) >= 11 is 3.41. The van der Waals surface area contributed by atoms with Gasteiger partial charge in [0.1, 0.15) is 0 Å². The second-order valence-electron chi connectivity index (χ2n) is 4.98. The van der Waals surface area contributed by atoms with Crippen molar-refractivity contribution in [1.82, 2.24) is 4.90 Å². The third-order valence-electron chi connectivity index (χ3n) is 3.04. The number of carbonyl (C=O) groups excluding carboxylic acids is 1. The Morgan fingerprint density at radius 2 is 2.10 bits per heavy atom. The molecular formula is C15H23BrN2O2. The van der Waals surface area contributed by atoms with Gasteiger partial charge in [-0.25, -0.2) is 0 Å². The van der Waals surface area contributed by atoms with Crippen LogP contribution in [0.1, 0.15) is 31.7 Å². The zero-order valence-corrected chi connectivity index (χ0v) is 13.8. The molecular weight excluding hydrogens is 320 g/mol. The van der Waals surface area contributed by atoms with E-state index < -0.39 is 0 Å². The highest BCUT2D eigenvalue weighted by atomic mass is 79.9. The summed E-state index contributed by atoms with van der Waals surface area (Å²) in [5, 5.41) is 0. The molecule has 112 valence electrons. The van der Waals surface area contributed by atoms with E-state index >= 15 is 0 Å². The summed E-state index contributed by atoms with van der Waals surface area (Å²) in [4.78, 5) is 12.9. The molecule has 20 heavy (non-hydrogen) atoms. The molecule has 0 fully saturated rings. The summed E-state index contributed by atoms with van der Waals surface area (Å²) in [5.41, 5.74) is 7.96. The van der Waals surface area contributed by atoms with Gasteiger partial charge in [-0.15, -0.1) is 0 Å². The Balaban J connectivity index is 2.20. The molecule has 1 aromatic rings. The second kappa shape index (κ2) is 8.97. The van der Waals surface area contributed by atoms with E-state index in [4.69, 9.17) is 10.5 Å². The minimum Gasteiger partial charge on any atom is -0.466 e. The van der Waals surface area contributed by atoms with Crippen LogP contribution in [0.2, 0.25) is 0 Å². The number of unbranched alkanes of at least 4 members (excludes halogenated alkanes) is 2. The predicted molar refractivity (Wildman–Crippen MR) is 85.4 cm³/mol. The first-order chi connectivity index (χ1) is 9.49. The van der Waals surface area contributed by atoms with E-state index in [1.807, 2.05) is 12.1 Å². The van der Waals surface area contributed by atoms with Gasteiger partial charge in [0.2, 0.25) is 0 Å². The maximum absolute atomic E-state index is 10.6. The monoisotopic (exact) mass is 342 g/mol. The zero-order chi connectivity index (χ0) is 15.0. The first-order valence-electron chi connectivity index (χ1n) is 6.85. The lowest BCUT2D eigenvalue weighted by Crippen LogP contribution is -2.20. The summed E-state index contributed by atoms with van der Waals surface area (Å²) in [6, 6.07) is 6.00. The second-order valence-corrected chi connectivity index (χ2v) is 5.90. The molecule has 2 N–H and O–H groups in total. The number of ether oxygens (including phenoxy) is 1. The van der Waals surface area contributed by atoms with Gasteiger partial charge in [0.25, 0.3) is 0 Å². The molecule has 0 saturated carbocycles. The normalized spacial score (nSPS) is 10.8. The van der Waals surface area contributed by atoms with E-state index in [-0.39, 0.29) is 5.97 Å². The van der Waals surface area contributed by atoms with Crippen molar-refractivity contribution in [3.63, 3.8) is 0 Å². The number of nitrogen functional groups attached to an aromatic ring is 1. The van der Waals surface area contributed by atoms with Crippen molar-refractivity contribution in [2.45, 2.75) is 32.7 Å². The molecule has 0 saturated heterocycles. The molecule has 0 bridgehead atoms. The number of nitrogens with zero attached hydrogens (tertiary/aromatic N) is 1. The fraction of sp³-hybridized carbons (Fsp3) is 0.533. The maximum Gasteiger partial charge on any atom is 0.302 e. The highest BCUT2D eigenvalue weighted by Crippen LogP contribution is 2.19. The molecule has 0 atom stereocenters. The summed E-state index contributed by atoms with van der Waals surface area (Å²) in [5.74, 6) is -0.201. The molecule has 0 aliphatic rings. The summed E-state index contributed by atoms with van der Waals surface area (Å²) in [7, 11) is 2.09. The first kappa shape index (κ1) is 17.0. The molecule has 0 amide bonds. The third-order valence-corrected chi connectivity index (χ3v) is 3.53. The van der Waals surface area contributed by atoms with E-state index in [1.165, 1.54) is 6.92 Å². The number of hydrogen-bond acceptors (Lipinski definition) is 4. The van der Waals surface area contributed by atoms with Crippen molar-refractivity contribution in [3.8, 4) is 0 Å². The lowest BCUT2D eigenvalue weighted by molar-refractivity contribution is -0.141. The highest BCUT2D eigenvalue weighted by Gasteiger charge is 2.04. The molecule has 0 unspecified atom stereocenters. The van der Waals surface area contributed by atoms with Crippen molar-refractivity contribution < 1.29 is 9.53 Å². The van der Waals surface area contributed by atoms with Crippen LogP contribution in [-0.2, 0) is 16.1 Å². The molecule has 1 rings (SSSR count). The lowest BCUT2D eigenvalue weighted by Gasteiger charge is -2.18. The number of carbonyl (C=O) groups is 1. The fourth-order valence-electron chi connectivity index (χ4n) is 1.96. The van der Waals surface area contributed by atoms with Crippen LogP contribution in [-0.4, -0.2) is 31.1 Å². The fourth-order valence-corrected chi connectivity index (χ4v) is 2.33. The van der Waals surface area contributed by atoms with E-state index in [9.17, 15) is 4.79 Å². The minimum absolute atomic E-state index is 0.201. The number of esters is 1. The number of nitrogens with two attached hydrogens (primary N) is 1. The molecule has 0 spiro atoms. The van der Waals surface area contributed by atoms with Gasteiger partial charge in [-0.2, -0.15) is 0 Å². The predicted octanol–water partition coefficient (Wildman–Crippen LogP) is 3.20. The first-order valence-corrected chi connectivity index (χ1v) is 7.64. The van der Waals surface area contributed by atoms with E-state index in [1.54, 1.807) is 0 Å². The zero-order valence-electron chi connectivity index (χ0n) is 12.2. The topological polar surface area (TPSA) is 55.6 Å². The number of halogens is 1. The Morgan fingerprint density at radius 1 is 1.35 bits per heavy atom. The molecule has 5 heteroatoms. The van der Waals surface area contributed by atoms with Crippen molar-refractivity contribution in [3.05, 3.63) is 28.2 Å². The molecule has 0 aliphatic heterocycles. The average Bonchev–Trinajstić information content (AvgIpc) is 2.36. The van der Waals surface area contributed by atoms with Crippen LogP contribution in [0.4, 0.5) is 5.69 Å². The van der Waals surface area contributed by atoms with Gasteiger partial charge in [0, 0.05) is 23.6 Å². The van der Waals surface area contributed by atoms with Gasteiger partial charge in [-0.3, -0.25) is 4.79 Å². The number of anilines is 1. The minimum atomic E-state index is -0.201. The Labute approximate surface area is 129 Å². The van der Waals surface area contributed by atoms with Crippen LogP contribution in [0.25, 0.3) is 0 Å². The van der Waals surface area contributed by atoms with Gasteiger partial charge < -0.3 is 15.4 Å². The molecule has 1 aromatic carbocycles. The van der Waals surface area contributed by atoms with Gasteiger partial charge in [-0.1, -0.05) is 22.0 Å². The van der Waals surface area contributed by atoms with Gasteiger partial charge >= 0.3 is 5.97 Å². The maximum atomic E-state index is 10.6. The summed E-state index contributed by atoms with van der Waals surface area (Å²) in [6.07, 6.45) is 3.08. The standard InChI is InChI=1S/C15H23BrN2O2/c1-12(19)20-9-5-3-4-8-18(2)11-13-6-7-14(16)10-15(13)17/h6-7,10H,3-5,8-9,11,17H2,1-2H3. The van der Waals surface area contributed by atoms with Crippen LogP contribution in [0.15, 0.2) is 22.7 Å². The molecule has 0 heterocycles. The largest absolute Gasteiger partial charge is 0.466 e. The van der Waals surface area contributed by atoms with Crippen LogP contribution in [0.3, 0.4) is 0 Å². The van der Waals surface area contributed by atoms with E-state index in [2.05, 4.69) is 33.9 Å².